The molecule has 0 spiro atoms. The van der Waals surface area contributed by atoms with Crippen molar-refractivity contribution >= 4 is 91.5 Å². The van der Waals surface area contributed by atoms with E-state index >= 15 is 0 Å². The zero-order chi connectivity index (χ0) is 20.3. The SMILES string of the molecule is CCCCCCc1cccc[c]1[Mo+3].NC(=S)[S-].NC(=S)[S-].NC(=S)[S-]. The van der Waals surface area contributed by atoms with Gasteiger partial charge in [0.2, 0.25) is 0 Å². The van der Waals surface area contributed by atoms with Gasteiger partial charge in [-0.2, -0.15) is 0 Å². The second-order valence-corrected chi connectivity index (χ2v) is 8.87. The summed E-state index contributed by atoms with van der Waals surface area (Å²) >= 11 is 26.9. The van der Waals surface area contributed by atoms with Gasteiger partial charge >= 0.3 is 92.6 Å². The van der Waals surface area contributed by atoms with E-state index in [1.807, 2.05) is 0 Å². The molecule has 140 valence electrons. The molecule has 0 saturated carbocycles. The van der Waals surface area contributed by atoms with Gasteiger partial charge in [0.15, 0.2) is 0 Å². The molecule has 0 radical (unpaired) electrons. The van der Waals surface area contributed by atoms with E-state index in [4.69, 9.17) is 0 Å². The molecular weight excluding hydrogens is 511 g/mol. The molecule has 0 heterocycles. The number of aryl methyl sites for hydroxylation is 1. The average Bonchev–Trinajstić information content (AvgIpc) is 2.43. The van der Waals surface area contributed by atoms with Crippen LogP contribution in [-0.4, -0.2) is 13.0 Å². The first-order chi connectivity index (χ1) is 11.5. The van der Waals surface area contributed by atoms with Crippen LogP contribution >= 0.6 is 36.7 Å². The van der Waals surface area contributed by atoms with Gasteiger partial charge in [0.05, 0.1) is 0 Å². The number of rotatable bonds is 5. The second-order valence-electron chi connectivity index (χ2n) is 4.38. The molecule has 0 unspecified atom stereocenters. The summed E-state index contributed by atoms with van der Waals surface area (Å²) in [6, 6.07) is 8.72. The summed E-state index contributed by atoms with van der Waals surface area (Å²) in [5.41, 5.74) is 15.5. The van der Waals surface area contributed by atoms with Crippen molar-refractivity contribution in [2.45, 2.75) is 39.0 Å². The molecule has 1 aromatic rings. The van der Waals surface area contributed by atoms with Crippen LogP contribution in [0.15, 0.2) is 24.3 Å². The molecule has 0 atom stereocenters. The van der Waals surface area contributed by atoms with Crippen molar-refractivity contribution in [1.29, 1.82) is 0 Å². The van der Waals surface area contributed by atoms with Crippen LogP contribution in [0, 0.1) is 0 Å². The number of hydrogen-bond donors (Lipinski definition) is 3. The Kier molecular flexibility index (Phi) is 26.7. The maximum absolute atomic E-state index is 4.66. The van der Waals surface area contributed by atoms with Gasteiger partial charge in [-0.05, 0) is 0 Å². The molecule has 25 heavy (non-hydrogen) atoms. The minimum absolute atomic E-state index is 0.0833. The summed E-state index contributed by atoms with van der Waals surface area (Å²) < 4.78 is 1.70. The van der Waals surface area contributed by atoms with Gasteiger partial charge in [-0.3, -0.25) is 0 Å². The minimum Gasteiger partial charge on any atom is -0.415 e. The fourth-order valence-corrected chi connectivity index (χ4v) is 2.06. The Morgan fingerprint density at radius 3 is 1.64 bits per heavy atom. The first kappa shape index (κ1) is 30.0. The van der Waals surface area contributed by atoms with Crippen LogP contribution in [0.5, 0.6) is 0 Å². The molecule has 0 amide bonds. The van der Waals surface area contributed by atoms with E-state index in [1.165, 1.54) is 41.6 Å². The molecule has 0 bridgehead atoms. The molecule has 3 nitrogen and oxygen atoms in total. The van der Waals surface area contributed by atoms with E-state index in [0.29, 0.717) is 0 Å². The van der Waals surface area contributed by atoms with Gasteiger partial charge in [0, 0.05) is 0 Å². The summed E-state index contributed by atoms with van der Waals surface area (Å²) in [5, 5.41) is 0. The van der Waals surface area contributed by atoms with Crippen molar-refractivity contribution in [3.8, 4) is 0 Å². The fourth-order valence-electron chi connectivity index (χ4n) is 1.45. The van der Waals surface area contributed by atoms with Gasteiger partial charge in [0.25, 0.3) is 0 Å². The van der Waals surface area contributed by atoms with Gasteiger partial charge in [0.1, 0.15) is 0 Å². The predicted molar refractivity (Wildman–Crippen MR) is 126 cm³/mol. The predicted octanol–water partition coefficient (Wildman–Crippen LogP) is 2.31. The average molecular weight is 534 g/mol. The third kappa shape index (κ3) is 40.3. The Bertz CT molecular complexity index is 459. The van der Waals surface area contributed by atoms with E-state index < -0.39 is 0 Å². The van der Waals surface area contributed by atoms with Crippen LogP contribution in [0.2, 0.25) is 0 Å². The Hall–Kier alpha value is 0.238. The van der Waals surface area contributed by atoms with Crippen LogP contribution in [0.3, 0.4) is 0 Å². The van der Waals surface area contributed by atoms with Crippen LogP contribution < -0.4 is 21.2 Å². The third-order valence-corrected chi connectivity index (χ3v) is 3.25. The van der Waals surface area contributed by atoms with E-state index in [0.717, 1.165) is 0 Å². The number of nitrogens with two attached hydrogens (primary N) is 3. The number of unbranched alkanes of at least 4 members (excludes halogenated alkanes) is 3. The molecule has 6 N–H and O–H groups in total. The molecule has 1 rings (SSSR count). The first-order valence-electron chi connectivity index (χ1n) is 7.18. The summed E-state index contributed by atoms with van der Waals surface area (Å²) in [7, 11) is 0. The van der Waals surface area contributed by atoms with E-state index in [2.05, 4.69) is 143 Å². The molecule has 1 aromatic carbocycles. The summed E-state index contributed by atoms with van der Waals surface area (Å²) in [4.78, 5) is 0. The number of benzene rings is 1. The maximum atomic E-state index is 4.66. The first-order valence-corrected chi connectivity index (χ1v) is 10.6. The Morgan fingerprint density at radius 2 is 1.28 bits per heavy atom. The molecule has 0 aliphatic heterocycles. The van der Waals surface area contributed by atoms with E-state index in [-0.39, 0.29) is 13.0 Å². The van der Waals surface area contributed by atoms with Gasteiger partial charge in [-0.1, -0.05) is 13.0 Å². The minimum atomic E-state index is 0.0833. The zero-order valence-corrected chi connectivity index (χ0v) is 20.8. The van der Waals surface area contributed by atoms with Crippen molar-refractivity contribution in [3.05, 3.63) is 29.8 Å². The van der Waals surface area contributed by atoms with Gasteiger partial charge in [-0.15, -0.1) is 0 Å². The molecule has 0 aromatic heterocycles. The van der Waals surface area contributed by atoms with Crippen LogP contribution in [0.4, 0.5) is 0 Å². The molecule has 10 heteroatoms. The summed E-state index contributed by atoms with van der Waals surface area (Å²) in [6.45, 7) is 2.26. The second kappa shape index (κ2) is 22.3. The smallest absolute Gasteiger partial charge is 0.0708 e. The quantitative estimate of drug-likeness (QED) is 0.229. The van der Waals surface area contributed by atoms with Gasteiger partial charge < -0.3 is 91.7 Å². The van der Waals surface area contributed by atoms with Crippen molar-refractivity contribution in [2.24, 2.45) is 17.2 Å². The van der Waals surface area contributed by atoms with Crippen molar-refractivity contribution < 1.29 is 19.8 Å². The fraction of sp³-hybridized carbons (Fsp3) is 0.400. The van der Waals surface area contributed by atoms with Crippen LogP contribution in [0.1, 0.15) is 38.2 Å². The molecule has 0 aliphatic rings. The summed E-state index contributed by atoms with van der Waals surface area (Å²) in [6.07, 6.45) is 6.70. The molecule has 0 aliphatic carbocycles. The van der Waals surface area contributed by atoms with Crippen molar-refractivity contribution in [2.75, 3.05) is 0 Å². The van der Waals surface area contributed by atoms with E-state index in [1.54, 1.807) is 0 Å². The van der Waals surface area contributed by atoms with Crippen molar-refractivity contribution in [3.63, 3.8) is 0 Å². The standard InChI is InChI=1S/C12H17.3CH3NS2.Mo/c1-2-3-4-6-9-12-10-7-5-8-11-12;3*2-1(3)4;/h5,7-8,10H,2-4,6,9H2,1H3;3*(H3,2,3,4);/q;;;;+3/p-3. The Labute approximate surface area is 195 Å². The maximum Gasteiger partial charge on any atom is -0.0708 e. The Morgan fingerprint density at radius 1 is 0.880 bits per heavy atom. The van der Waals surface area contributed by atoms with E-state index in [9.17, 15) is 0 Å². The monoisotopic (exact) mass is 535 g/mol. The topological polar surface area (TPSA) is 78.1 Å². The largest absolute Gasteiger partial charge is 0.415 e. The molecule has 0 saturated heterocycles. The van der Waals surface area contributed by atoms with Crippen LogP contribution in [0.25, 0.3) is 0 Å². The molecule has 0 fully saturated rings. The number of thiocarbonyl (C=S) groups is 3. The summed E-state index contributed by atoms with van der Waals surface area (Å²) in [5.74, 6) is 0. The molecular formula is C15H23MoN3S6. The normalized spacial score (nSPS) is 8.16. The van der Waals surface area contributed by atoms with Crippen molar-refractivity contribution in [1.82, 2.24) is 0 Å². The Balaban J connectivity index is -0.000000333. The van der Waals surface area contributed by atoms with Crippen LogP contribution in [-0.2, 0) is 64.1 Å². The van der Waals surface area contributed by atoms with Gasteiger partial charge in [-0.25, -0.2) is 0 Å². The zero-order valence-electron chi connectivity index (χ0n) is 13.9. The number of hydrogen-bond acceptors (Lipinski definition) is 6. The third-order valence-electron chi connectivity index (χ3n) is 2.27.